The number of benzene rings is 2. The van der Waals surface area contributed by atoms with Gasteiger partial charge in [0.05, 0.1) is 23.5 Å². The van der Waals surface area contributed by atoms with Gasteiger partial charge >= 0.3 is 6.03 Å². The number of carbonyl (C=O) groups is 2. The number of aromatic amines is 1. The molecule has 2 aromatic heterocycles. The van der Waals surface area contributed by atoms with Gasteiger partial charge in [-0.05, 0) is 42.1 Å². The molecule has 34 heavy (non-hydrogen) atoms. The van der Waals surface area contributed by atoms with Crippen molar-refractivity contribution in [2.24, 2.45) is 0 Å². The number of amides is 3. The first-order chi connectivity index (χ1) is 16.5. The molecule has 2 N–H and O–H groups in total. The average Bonchev–Trinajstić information content (AvgIpc) is 3.52. The van der Waals surface area contributed by atoms with Crippen LogP contribution in [0.15, 0.2) is 82.6 Å². The summed E-state index contributed by atoms with van der Waals surface area (Å²) in [5, 5.41) is 7.80. The van der Waals surface area contributed by atoms with Crippen LogP contribution < -0.4 is 10.9 Å². The first-order valence-corrected chi connectivity index (χ1v) is 11.7. The molecule has 4 aromatic rings. The fraction of sp³-hybridized carbons (Fsp3) is 0.115. The van der Waals surface area contributed by atoms with E-state index in [-0.39, 0.29) is 17.8 Å². The van der Waals surface area contributed by atoms with E-state index in [1.165, 1.54) is 10.8 Å². The molecule has 0 atom stereocenters. The molecule has 0 saturated carbocycles. The molecule has 3 amide bonds. The Labute approximate surface area is 200 Å². The predicted molar refractivity (Wildman–Crippen MR) is 132 cm³/mol. The van der Waals surface area contributed by atoms with Crippen LogP contribution in [0.25, 0.3) is 11.8 Å². The number of thiophene rings is 1. The number of urea groups is 1. The van der Waals surface area contributed by atoms with Gasteiger partial charge in [-0.3, -0.25) is 19.6 Å². The van der Waals surface area contributed by atoms with Crippen LogP contribution in [0.5, 0.6) is 0 Å². The van der Waals surface area contributed by atoms with Crippen LogP contribution in [0.1, 0.15) is 27.3 Å². The summed E-state index contributed by atoms with van der Waals surface area (Å²) in [5.74, 6) is -0.458. The van der Waals surface area contributed by atoms with Crippen molar-refractivity contribution in [3.8, 4) is 5.69 Å². The Kier molecular flexibility index (Phi) is 5.73. The third-order valence-electron chi connectivity index (χ3n) is 5.63. The Morgan fingerprint density at radius 1 is 0.971 bits per heavy atom. The molecular formula is C26H22N4O3S. The lowest BCUT2D eigenvalue weighted by Gasteiger charge is -2.12. The summed E-state index contributed by atoms with van der Waals surface area (Å²) in [6, 6.07) is 20.3. The number of carbonyl (C=O) groups excluding carboxylic acids is 2. The summed E-state index contributed by atoms with van der Waals surface area (Å²) >= 11 is 1.59. The highest BCUT2D eigenvalue weighted by molar-refractivity contribution is 7.09. The highest BCUT2D eigenvalue weighted by Crippen LogP contribution is 2.21. The third-order valence-corrected chi connectivity index (χ3v) is 6.50. The Bertz CT molecular complexity index is 1450. The van der Waals surface area contributed by atoms with Crippen molar-refractivity contribution in [3.63, 3.8) is 0 Å². The van der Waals surface area contributed by atoms with Crippen LogP contribution in [0.3, 0.4) is 0 Å². The zero-order chi connectivity index (χ0) is 23.7. The van der Waals surface area contributed by atoms with Gasteiger partial charge in [-0.1, -0.05) is 54.1 Å². The standard InChI is InChI=1S/C26H22N4O3S/c1-17-7-5-8-18(13-17)16-29-25(32)23(27-26(29)33)15-21-22(14-20-11-6-12-34-20)28-30(24(21)31)19-9-3-2-4-10-19/h2-13,15,28H,14,16H2,1H3,(H,27,33). The summed E-state index contributed by atoms with van der Waals surface area (Å²) in [7, 11) is 0. The molecule has 3 heterocycles. The third kappa shape index (κ3) is 4.23. The highest BCUT2D eigenvalue weighted by Gasteiger charge is 2.34. The number of nitrogens with zero attached hydrogens (tertiary/aromatic N) is 2. The monoisotopic (exact) mass is 470 g/mol. The summed E-state index contributed by atoms with van der Waals surface area (Å²) in [6.07, 6.45) is 1.98. The van der Waals surface area contributed by atoms with E-state index in [2.05, 4.69) is 10.4 Å². The number of aromatic nitrogens is 2. The van der Waals surface area contributed by atoms with Crippen LogP contribution in [0.4, 0.5) is 4.79 Å². The quantitative estimate of drug-likeness (QED) is 0.327. The molecule has 5 rings (SSSR count). The molecule has 7 nitrogen and oxygen atoms in total. The van der Waals surface area contributed by atoms with Crippen LogP contribution in [-0.4, -0.2) is 26.6 Å². The zero-order valence-corrected chi connectivity index (χ0v) is 19.3. The van der Waals surface area contributed by atoms with Gasteiger partial charge in [-0.15, -0.1) is 11.3 Å². The van der Waals surface area contributed by atoms with Crippen molar-refractivity contribution in [3.05, 3.63) is 115 Å². The van der Waals surface area contributed by atoms with Gasteiger partial charge in [0.2, 0.25) is 0 Å². The first kappa shape index (κ1) is 21.7. The van der Waals surface area contributed by atoms with Gasteiger partial charge in [-0.25, -0.2) is 9.48 Å². The molecular weight excluding hydrogens is 448 g/mol. The number of aryl methyl sites for hydroxylation is 1. The molecule has 0 aliphatic carbocycles. The van der Waals surface area contributed by atoms with Crippen molar-refractivity contribution in [1.82, 2.24) is 20.0 Å². The van der Waals surface area contributed by atoms with Crippen molar-refractivity contribution in [2.75, 3.05) is 0 Å². The van der Waals surface area contributed by atoms with E-state index in [1.54, 1.807) is 11.3 Å². The molecule has 0 radical (unpaired) electrons. The molecule has 0 spiro atoms. The predicted octanol–water partition coefficient (Wildman–Crippen LogP) is 4.22. The van der Waals surface area contributed by atoms with E-state index in [9.17, 15) is 14.4 Å². The fourth-order valence-electron chi connectivity index (χ4n) is 3.98. The second kappa shape index (κ2) is 8.99. The second-order valence-corrected chi connectivity index (χ2v) is 9.14. The number of nitrogens with one attached hydrogen (secondary N) is 2. The molecule has 1 aliphatic heterocycles. The van der Waals surface area contributed by atoms with Crippen LogP contribution in [-0.2, 0) is 17.8 Å². The molecule has 0 unspecified atom stereocenters. The van der Waals surface area contributed by atoms with Gasteiger partial charge < -0.3 is 5.32 Å². The lowest BCUT2D eigenvalue weighted by Crippen LogP contribution is -2.30. The lowest BCUT2D eigenvalue weighted by molar-refractivity contribution is -0.123. The topological polar surface area (TPSA) is 87.2 Å². The minimum atomic E-state index is -0.503. The Balaban J connectivity index is 1.52. The Hall–Kier alpha value is -4.17. The van der Waals surface area contributed by atoms with Gasteiger partial charge in [0.25, 0.3) is 11.5 Å². The highest BCUT2D eigenvalue weighted by atomic mass is 32.1. The summed E-state index contributed by atoms with van der Waals surface area (Å²) in [6.45, 7) is 2.12. The van der Waals surface area contributed by atoms with Crippen molar-refractivity contribution in [2.45, 2.75) is 19.9 Å². The maximum atomic E-state index is 13.4. The Morgan fingerprint density at radius 2 is 1.79 bits per heavy atom. The van der Waals surface area contributed by atoms with E-state index in [0.29, 0.717) is 23.4 Å². The summed E-state index contributed by atoms with van der Waals surface area (Å²) < 4.78 is 1.46. The molecule has 8 heteroatoms. The van der Waals surface area contributed by atoms with Crippen molar-refractivity contribution in [1.29, 1.82) is 0 Å². The van der Waals surface area contributed by atoms with E-state index >= 15 is 0 Å². The normalized spacial score (nSPS) is 14.7. The van der Waals surface area contributed by atoms with Crippen molar-refractivity contribution >= 4 is 29.4 Å². The second-order valence-electron chi connectivity index (χ2n) is 8.10. The molecule has 170 valence electrons. The molecule has 1 fully saturated rings. The number of rotatable bonds is 6. The minimum Gasteiger partial charge on any atom is -0.303 e. The number of hydrogen-bond acceptors (Lipinski definition) is 4. The number of imide groups is 1. The fourth-order valence-corrected chi connectivity index (χ4v) is 4.69. The minimum absolute atomic E-state index is 0.0846. The van der Waals surface area contributed by atoms with Gasteiger partial charge in [0, 0.05) is 11.3 Å². The van der Waals surface area contributed by atoms with Crippen molar-refractivity contribution < 1.29 is 9.59 Å². The molecule has 2 aromatic carbocycles. The SMILES string of the molecule is Cc1cccc(CN2C(=O)NC(=Cc3c(Cc4cccs4)[nH]n(-c4ccccc4)c3=O)C2=O)c1. The largest absolute Gasteiger partial charge is 0.329 e. The number of H-pyrrole nitrogens is 1. The van der Waals surface area contributed by atoms with Crippen LogP contribution >= 0.6 is 11.3 Å². The number of para-hydroxylation sites is 1. The Morgan fingerprint density at radius 3 is 2.53 bits per heavy atom. The van der Waals surface area contributed by atoms with E-state index < -0.39 is 11.9 Å². The first-order valence-electron chi connectivity index (χ1n) is 10.8. The molecule has 1 saturated heterocycles. The van der Waals surface area contributed by atoms with Crippen LogP contribution in [0, 0.1) is 6.92 Å². The zero-order valence-electron chi connectivity index (χ0n) is 18.4. The molecule has 1 aliphatic rings. The van der Waals surface area contributed by atoms with E-state index in [1.807, 2.05) is 79.0 Å². The van der Waals surface area contributed by atoms with Gasteiger partial charge in [0.1, 0.15) is 5.70 Å². The summed E-state index contributed by atoms with van der Waals surface area (Å²) in [4.78, 5) is 41.3. The summed E-state index contributed by atoms with van der Waals surface area (Å²) in [5.41, 5.74) is 3.41. The van der Waals surface area contributed by atoms with E-state index in [4.69, 9.17) is 0 Å². The van der Waals surface area contributed by atoms with Gasteiger partial charge in [-0.2, -0.15) is 0 Å². The van der Waals surface area contributed by atoms with Gasteiger partial charge in [0.15, 0.2) is 0 Å². The average molecular weight is 471 g/mol. The smallest absolute Gasteiger partial charge is 0.303 e. The number of hydrogen-bond donors (Lipinski definition) is 2. The maximum Gasteiger partial charge on any atom is 0.329 e. The van der Waals surface area contributed by atoms with E-state index in [0.717, 1.165) is 20.9 Å². The maximum absolute atomic E-state index is 13.4. The molecule has 0 bridgehead atoms. The lowest BCUT2D eigenvalue weighted by atomic mass is 10.1. The van der Waals surface area contributed by atoms with Crippen LogP contribution in [0.2, 0.25) is 0 Å².